The average Bonchev–Trinajstić information content (AvgIpc) is 2.44. The number of aromatic nitrogens is 2. The van der Waals surface area contributed by atoms with Crippen LogP contribution in [0.2, 0.25) is 0 Å². The summed E-state index contributed by atoms with van der Waals surface area (Å²) in [6.07, 6.45) is 6.76. The van der Waals surface area contributed by atoms with Crippen molar-refractivity contribution in [1.29, 1.82) is 0 Å². The Kier molecular flexibility index (Phi) is 4.84. The summed E-state index contributed by atoms with van der Waals surface area (Å²) in [5.74, 6) is 3.39. The highest BCUT2D eigenvalue weighted by Gasteiger charge is 2.21. The number of nitrogens with two attached hydrogens (primary N) is 1. The minimum atomic E-state index is 0.295. The lowest BCUT2D eigenvalue weighted by Crippen LogP contribution is -2.29. The van der Waals surface area contributed by atoms with Crippen molar-refractivity contribution in [3.05, 3.63) is 11.4 Å². The van der Waals surface area contributed by atoms with Crippen LogP contribution in [0.15, 0.2) is 0 Å². The molecule has 0 bridgehead atoms. The first kappa shape index (κ1) is 15.1. The van der Waals surface area contributed by atoms with Crippen molar-refractivity contribution in [2.45, 2.75) is 71.8 Å². The average molecular weight is 276 g/mol. The number of hydrogen-bond donors (Lipinski definition) is 2. The first-order valence-electron chi connectivity index (χ1n) is 7.89. The Morgan fingerprint density at radius 2 is 1.75 bits per heavy atom. The van der Waals surface area contributed by atoms with Crippen LogP contribution in [0, 0.1) is 12.8 Å². The lowest BCUT2D eigenvalue weighted by Gasteiger charge is -2.29. The highest BCUT2D eigenvalue weighted by atomic mass is 15.1. The van der Waals surface area contributed by atoms with Crippen molar-refractivity contribution in [2.24, 2.45) is 5.92 Å². The molecule has 1 heterocycles. The Morgan fingerprint density at radius 1 is 1.10 bits per heavy atom. The molecule has 1 atom stereocenters. The van der Waals surface area contributed by atoms with Crippen LogP contribution in [0.25, 0.3) is 0 Å². The number of anilines is 2. The van der Waals surface area contributed by atoms with E-state index >= 15 is 0 Å². The van der Waals surface area contributed by atoms with Gasteiger partial charge in [-0.3, -0.25) is 0 Å². The third-order valence-electron chi connectivity index (χ3n) is 4.44. The smallest absolute Gasteiger partial charge is 0.135 e. The molecule has 0 aromatic carbocycles. The van der Waals surface area contributed by atoms with E-state index in [1.54, 1.807) is 0 Å². The zero-order valence-electron chi connectivity index (χ0n) is 13.2. The number of nitrogens with one attached hydrogen (secondary N) is 1. The Bertz CT molecular complexity index is 450. The van der Waals surface area contributed by atoms with Gasteiger partial charge in [-0.15, -0.1) is 0 Å². The van der Waals surface area contributed by atoms with Gasteiger partial charge in [0.1, 0.15) is 17.5 Å². The van der Waals surface area contributed by atoms with Crippen LogP contribution < -0.4 is 11.1 Å². The summed E-state index contributed by atoms with van der Waals surface area (Å²) in [4.78, 5) is 9.04. The normalized spacial score (nSPS) is 18.2. The minimum Gasteiger partial charge on any atom is -0.383 e. The molecule has 0 saturated heterocycles. The maximum atomic E-state index is 6.02. The first-order chi connectivity index (χ1) is 9.49. The van der Waals surface area contributed by atoms with Gasteiger partial charge in [-0.25, -0.2) is 9.97 Å². The van der Waals surface area contributed by atoms with E-state index in [0.29, 0.717) is 17.8 Å². The van der Waals surface area contributed by atoms with Gasteiger partial charge in [-0.2, -0.15) is 0 Å². The number of nitrogen functional groups attached to an aromatic ring is 1. The molecule has 1 aliphatic carbocycles. The van der Waals surface area contributed by atoms with E-state index in [9.17, 15) is 0 Å². The van der Waals surface area contributed by atoms with Gasteiger partial charge in [0, 0.05) is 17.5 Å². The number of rotatable bonds is 4. The van der Waals surface area contributed by atoms with Gasteiger partial charge < -0.3 is 11.1 Å². The third kappa shape index (κ3) is 3.41. The monoisotopic (exact) mass is 276 g/mol. The second-order valence-corrected chi connectivity index (χ2v) is 6.43. The molecule has 20 heavy (non-hydrogen) atoms. The van der Waals surface area contributed by atoms with Crippen LogP contribution in [0.5, 0.6) is 0 Å². The van der Waals surface area contributed by atoms with E-state index in [0.717, 1.165) is 23.1 Å². The maximum absolute atomic E-state index is 6.02. The molecule has 0 amide bonds. The Balaban J connectivity index is 2.15. The maximum Gasteiger partial charge on any atom is 0.135 e. The van der Waals surface area contributed by atoms with Crippen LogP contribution in [0.3, 0.4) is 0 Å². The second-order valence-electron chi connectivity index (χ2n) is 6.43. The highest BCUT2D eigenvalue weighted by molar-refractivity contribution is 5.55. The molecule has 1 fully saturated rings. The van der Waals surface area contributed by atoms with Gasteiger partial charge in [0.15, 0.2) is 0 Å². The second kappa shape index (κ2) is 6.42. The van der Waals surface area contributed by atoms with Crippen molar-refractivity contribution in [2.75, 3.05) is 11.1 Å². The third-order valence-corrected chi connectivity index (χ3v) is 4.44. The predicted molar refractivity (Wildman–Crippen MR) is 84.9 cm³/mol. The lowest BCUT2D eigenvalue weighted by atomic mass is 9.84. The molecule has 1 aliphatic rings. The predicted octanol–water partition coefficient (Wildman–Crippen LogP) is 3.87. The lowest BCUT2D eigenvalue weighted by molar-refractivity contribution is 0.328. The van der Waals surface area contributed by atoms with Crippen LogP contribution in [-0.4, -0.2) is 16.0 Å². The number of hydrogen-bond acceptors (Lipinski definition) is 4. The fraction of sp³-hybridized carbons (Fsp3) is 0.750. The molecule has 4 nitrogen and oxygen atoms in total. The molecule has 0 radical (unpaired) electrons. The molecule has 1 aromatic heterocycles. The quantitative estimate of drug-likeness (QED) is 0.876. The summed E-state index contributed by atoms with van der Waals surface area (Å²) >= 11 is 0. The SMILES string of the molecule is Cc1c(N)nc(C(C)C)nc1NC(C)C1CCCCC1. The molecule has 112 valence electrons. The summed E-state index contributed by atoms with van der Waals surface area (Å²) in [5.41, 5.74) is 6.99. The zero-order valence-corrected chi connectivity index (χ0v) is 13.2. The summed E-state index contributed by atoms with van der Waals surface area (Å²) in [6, 6.07) is 0.448. The summed E-state index contributed by atoms with van der Waals surface area (Å²) in [5, 5.41) is 3.58. The summed E-state index contributed by atoms with van der Waals surface area (Å²) in [6.45, 7) is 8.45. The molecule has 1 saturated carbocycles. The van der Waals surface area contributed by atoms with Crippen molar-refractivity contribution in [3.8, 4) is 0 Å². The first-order valence-corrected chi connectivity index (χ1v) is 7.89. The van der Waals surface area contributed by atoms with Crippen molar-refractivity contribution >= 4 is 11.6 Å². The standard InChI is InChI=1S/C16H28N4/c1-10(2)15-19-14(17)11(3)16(20-15)18-12(4)13-8-6-5-7-9-13/h10,12-13H,5-9H2,1-4H3,(H3,17,18,19,20). The number of nitrogens with zero attached hydrogens (tertiary/aromatic N) is 2. The van der Waals surface area contributed by atoms with Gasteiger partial charge in [-0.05, 0) is 32.6 Å². The van der Waals surface area contributed by atoms with Gasteiger partial charge >= 0.3 is 0 Å². The fourth-order valence-electron chi connectivity index (χ4n) is 2.92. The molecular weight excluding hydrogens is 248 g/mol. The molecule has 2 rings (SSSR count). The van der Waals surface area contributed by atoms with Crippen LogP contribution >= 0.6 is 0 Å². The van der Waals surface area contributed by atoms with Crippen LogP contribution in [0.4, 0.5) is 11.6 Å². The topological polar surface area (TPSA) is 63.8 Å². The van der Waals surface area contributed by atoms with Gasteiger partial charge in [0.2, 0.25) is 0 Å². The fourth-order valence-corrected chi connectivity index (χ4v) is 2.92. The Hall–Kier alpha value is -1.32. The molecule has 1 aromatic rings. The van der Waals surface area contributed by atoms with Crippen molar-refractivity contribution in [3.63, 3.8) is 0 Å². The van der Waals surface area contributed by atoms with Crippen molar-refractivity contribution < 1.29 is 0 Å². The minimum absolute atomic E-state index is 0.295. The van der Waals surface area contributed by atoms with Gasteiger partial charge in [0.05, 0.1) is 0 Å². The molecular formula is C16H28N4. The molecule has 0 aliphatic heterocycles. The summed E-state index contributed by atoms with van der Waals surface area (Å²) in [7, 11) is 0. The molecule has 1 unspecified atom stereocenters. The molecule has 3 N–H and O–H groups in total. The van der Waals surface area contributed by atoms with Crippen LogP contribution in [-0.2, 0) is 0 Å². The van der Waals surface area contributed by atoms with E-state index in [1.165, 1.54) is 32.1 Å². The largest absolute Gasteiger partial charge is 0.383 e. The summed E-state index contributed by atoms with van der Waals surface area (Å²) < 4.78 is 0. The van der Waals surface area contributed by atoms with E-state index in [2.05, 4.69) is 36.1 Å². The molecule has 4 heteroatoms. The van der Waals surface area contributed by atoms with Crippen molar-refractivity contribution in [1.82, 2.24) is 9.97 Å². The Morgan fingerprint density at radius 3 is 2.35 bits per heavy atom. The van der Waals surface area contributed by atoms with E-state index in [-0.39, 0.29) is 0 Å². The van der Waals surface area contributed by atoms with E-state index in [4.69, 9.17) is 5.73 Å². The van der Waals surface area contributed by atoms with E-state index < -0.39 is 0 Å². The van der Waals surface area contributed by atoms with Gasteiger partial charge in [0.25, 0.3) is 0 Å². The van der Waals surface area contributed by atoms with Gasteiger partial charge in [-0.1, -0.05) is 33.1 Å². The van der Waals surface area contributed by atoms with Crippen LogP contribution in [0.1, 0.15) is 70.2 Å². The molecule has 0 spiro atoms. The zero-order chi connectivity index (χ0) is 14.7. The Labute approximate surface area is 122 Å². The van der Waals surface area contributed by atoms with E-state index in [1.807, 2.05) is 6.92 Å². The highest BCUT2D eigenvalue weighted by Crippen LogP contribution is 2.29.